The first kappa shape index (κ1) is 18.5. The Morgan fingerprint density at radius 1 is 1.10 bits per heavy atom. The Hall–Kier alpha value is -3.81. The number of hydrogen-bond donors (Lipinski definition) is 2. The second kappa shape index (κ2) is 7.67. The van der Waals surface area contributed by atoms with E-state index in [0.29, 0.717) is 23.4 Å². The average molecular weight is 395 g/mol. The van der Waals surface area contributed by atoms with Crippen molar-refractivity contribution in [2.75, 3.05) is 5.32 Å². The summed E-state index contributed by atoms with van der Waals surface area (Å²) in [5, 5.41) is 2.76. The molecular formula is C21H15F2N3O3. The van der Waals surface area contributed by atoms with E-state index in [1.807, 2.05) is 0 Å². The van der Waals surface area contributed by atoms with E-state index in [2.05, 4.69) is 15.3 Å². The van der Waals surface area contributed by atoms with Gasteiger partial charge in [-0.05, 0) is 18.2 Å². The third-order valence-corrected chi connectivity index (χ3v) is 4.37. The van der Waals surface area contributed by atoms with Gasteiger partial charge < -0.3 is 14.7 Å². The third-order valence-electron chi connectivity index (χ3n) is 4.37. The van der Waals surface area contributed by atoms with Gasteiger partial charge in [0, 0.05) is 30.5 Å². The molecule has 2 aromatic heterocycles. The summed E-state index contributed by atoms with van der Waals surface area (Å²) in [6.07, 6.45) is 2.16. The van der Waals surface area contributed by atoms with Gasteiger partial charge in [-0.2, -0.15) is 0 Å². The Bertz CT molecular complexity index is 1250. The van der Waals surface area contributed by atoms with Crippen molar-refractivity contribution in [2.45, 2.75) is 12.8 Å². The van der Waals surface area contributed by atoms with E-state index in [0.717, 1.165) is 12.1 Å². The van der Waals surface area contributed by atoms with Crippen LogP contribution >= 0.6 is 0 Å². The van der Waals surface area contributed by atoms with E-state index in [1.165, 1.54) is 6.26 Å². The number of benzene rings is 2. The summed E-state index contributed by atoms with van der Waals surface area (Å²) in [4.78, 5) is 31.5. The fraction of sp³-hybridized carbons (Fsp3) is 0.0952. The van der Waals surface area contributed by atoms with Crippen LogP contribution in [0.3, 0.4) is 0 Å². The van der Waals surface area contributed by atoms with Crippen LogP contribution in [-0.4, -0.2) is 15.9 Å². The summed E-state index contributed by atoms with van der Waals surface area (Å²) >= 11 is 0. The maximum atomic E-state index is 13.6. The summed E-state index contributed by atoms with van der Waals surface area (Å²) in [6, 6.07) is 12.0. The Balaban J connectivity index is 1.65. The smallest absolute Gasteiger partial charge is 0.275 e. The number of para-hydroxylation sites is 1. The SMILES string of the molecule is O=C(CCc1ccco1)Nc1ccccc1-c1nc2cc(F)c(F)cc2[nH]c1=O. The van der Waals surface area contributed by atoms with Gasteiger partial charge in [-0.1, -0.05) is 18.2 Å². The minimum Gasteiger partial charge on any atom is -0.469 e. The topological polar surface area (TPSA) is 88.0 Å². The molecule has 6 nitrogen and oxygen atoms in total. The molecule has 4 rings (SSSR count). The van der Waals surface area contributed by atoms with Crippen LogP contribution in [0.1, 0.15) is 12.2 Å². The predicted molar refractivity (Wildman–Crippen MR) is 103 cm³/mol. The highest BCUT2D eigenvalue weighted by Crippen LogP contribution is 2.25. The van der Waals surface area contributed by atoms with Crippen LogP contribution in [0.15, 0.2) is 64.0 Å². The lowest BCUT2D eigenvalue weighted by Gasteiger charge is -2.11. The molecule has 0 saturated heterocycles. The van der Waals surface area contributed by atoms with E-state index in [-0.39, 0.29) is 29.1 Å². The zero-order valence-corrected chi connectivity index (χ0v) is 15.0. The number of halogens is 2. The Morgan fingerprint density at radius 3 is 2.69 bits per heavy atom. The summed E-state index contributed by atoms with van der Waals surface area (Å²) < 4.78 is 32.2. The summed E-state index contributed by atoms with van der Waals surface area (Å²) in [5.74, 6) is -1.72. The fourth-order valence-corrected chi connectivity index (χ4v) is 2.97. The summed E-state index contributed by atoms with van der Waals surface area (Å²) in [6.45, 7) is 0. The van der Waals surface area contributed by atoms with Crippen LogP contribution in [0.4, 0.5) is 14.5 Å². The number of aryl methyl sites for hydroxylation is 1. The van der Waals surface area contributed by atoms with Crippen molar-refractivity contribution in [3.8, 4) is 11.3 Å². The molecule has 0 spiro atoms. The number of furan rings is 1. The zero-order chi connectivity index (χ0) is 20.4. The maximum absolute atomic E-state index is 13.6. The molecule has 4 aromatic rings. The summed E-state index contributed by atoms with van der Waals surface area (Å²) in [7, 11) is 0. The number of fused-ring (bicyclic) bond motifs is 1. The number of rotatable bonds is 5. The Kier molecular flexibility index (Phi) is 4.90. The predicted octanol–water partition coefficient (Wildman–Crippen LogP) is 4.03. The number of H-pyrrole nitrogens is 1. The highest BCUT2D eigenvalue weighted by molar-refractivity contribution is 5.95. The normalized spacial score (nSPS) is 11.0. The molecule has 8 heteroatoms. The average Bonchev–Trinajstić information content (AvgIpc) is 3.22. The van der Waals surface area contributed by atoms with Crippen LogP contribution in [0.5, 0.6) is 0 Å². The van der Waals surface area contributed by atoms with Crippen molar-refractivity contribution >= 4 is 22.6 Å². The number of amides is 1. The van der Waals surface area contributed by atoms with Crippen LogP contribution in [0.2, 0.25) is 0 Å². The highest BCUT2D eigenvalue weighted by Gasteiger charge is 2.15. The molecule has 0 unspecified atom stereocenters. The molecule has 2 aromatic carbocycles. The standard InChI is InChI=1S/C21H15F2N3O3/c22-14-10-17-18(11-15(14)23)26-21(28)20(25-17)13-5-1-2-6-16(13)24-19(27)8-7-12-4-3-9-29-12/h1-6,9-11H,7-8H2,(H,24,27)(H,26,28). The van der Waals surface area contributed by atoms with Gasteiger partial charge in [0.2, 0.25) is 5.91 Å². The summed E-state index contributed by atoms with van der Waals surface area (Å²) in [5.41, 5.74) is 0.338. The van der Waals surface area contributed by atoms with Gasteiger partial charge in [0.05, 0.1) is 23.0 Å². The Labute approximate surface area is 163 Å². The monoisotopic (exact) mass is 395 g/mol. The zero-order valence-electron chi connectivity index (χ0n) is 15.0. The number of carbonyl (C=O) groups is 1. The number of aromatic nitrogens is 2. The second-order valence-corrected chi connectivity index (χ2v) is 6.37. The maximum Gasteiger partial charge on any atom is 0.275 e. The number of carbonyl (C=O) groups excluding carboxylic acids is 1. The van der Waals surface area contributed by atoms with E-state index in [9.17, 15) is 18.4 Å². The quantitative estimate of drug-likeness (QED) is 0.534. The largest absolute Gasteiger partial charge is 0.469 e. The third kappa shape index (κ3) is 3.91. The van der Waals surface area contributed by atoms with E-state index < -0.39 is 17.2 Å². The molecule has 0 aliphatic heterocycles. The molecule has 2 heterocycles. The van der Waals surface area contributed by atoms with E-state index >= 15 is 0 Å². The fourth-order valence-electron chi connectivity index (χ4n) is 2.97. The minimum absolute atomic E-state index is 0.00885. The molecule has 0 aliphatic rings. The molecule has 2 N–H and O–H groups in total. The molecular weight excluding hydrogens is 380 g/mol. The number of nitrogens with one attached hydrogen (secondary N) is 2. The van der Waals surface area contributed by atoms with Crippen molar-refractivity contribution in [3.05, 3.63) is 82.5 Å². The Morgan fingerprint density at radius 2 is 1.90 bits per heavy atom. The van der Waals surface area contributed by atoms with Gasteiger partial charge in [0.25, 0.3) is 5.56 Å². The number of hydrogen-bond acceptors (Lipinski definition) is 4. The first-order valence-corrected chi connectivity index (χ1v) is 8.82. The molecule has 1 amide bonds. The first-order chi connectivity index (χ1) is 14.0. The van der Waals surface area contributed by atoms with E-state index in [4.69, 9.17) is 4.42 Å². The highest BCUT2D eigenvalue weighted by atomic mass is 19.2. The van der Waals surface area contributed by atoms with Crippen molar-refractivity contribution in [2.24, 2.45) is 0 Å². The lowest BCUT2D eigenvalue weighted by molar-refractivity contribution is -0.116. The number of nitrogens with zero attached hydrogens (tertiary/aromatic N) is 1. The van der Waals surface area contributed by atoms with Crippen LogP contribution < -0.4 is 10.9 Å². The molecule has 0 fully saturated rings. The van der Waals surface area contributed by atoms with Gasteiger partial charge in [0.1, 0.15) is 11.5 Å². The number of anilines is 1. The molecule has 146 valence electrons. The van der Waals surface area contributed by atoms with Gasteiger partial charge in [-0.25, -0.2) is 13.8 Å². The molecule has 0 atom stereocenters. The van der Waals surface area contributed by atoms with Crippen LogP contribution in [0.25, 0.3) is 22.3 Å². The number of aromatic amines is 1. The van der Waals surface area contributed by atoms with Gasteiger partial charge in [-0.15, -0.1) is 0 Å². The minimum atomic E-state index is -1.08. The van der Waals surface area contributed by atoms with Crippen molar-refractivity contribution < 1.29 is 18.0 Å². The molecule has 0 aliphatic carbocycles. The molecule has 0 saturated carbocycles. The molecule has 29 heavy (non-hydrogen) atoms. The lowest BCUT2D eigenvalue weighted by Crippen LogP contribution is -2.16. The van der Waals surface area contributed by atoms with Gasteiger partial charge in [-0.3, -0.25) is 9.59 Å². The first-order valence-electron chi connectivity index (χ1n) is 8.82. The van der Waals surface area contributed by atoms with Gasteiger partial charge >= 0.3 is 0 Å². The van der Waals surface area contributed by atoms with Crippen molar-refractivity contribution in [3.63, 3.8) is 0 Å². The van der Waals surface area contributed by atoms with Gasteiger partial charge in [0.15, 0.2) is 11.6 Å². The van der Waals surface area contributed by atoms with Crippen molar-refractivity contribution in [1.29, 1.82) is 0 Å². The van der Waals surface area contributed by atoms with Crippen molar-refractivity contribution in [1.82, 2.24) is 9.97 Å². The molecule has 0 bridgehead atoms. The van der Waals surface area contributed by atoms with Crippen LogP contribution in [0, 0.1) is 11.6 Å². The van der Waals surface area contributed by atoms with E-state index in [1.54, 1.807) is 36.4 Å². The van der Waals surface area contributed by atoms with Crippen LogP contribution in [-0.2, 0) is 11.2 Å². The second-order valence-electron chi connectivity index (χ2n) is 6.37. The molecule has 0 radical (unpaired) electrons. The lowest BCUT2D eigenvalue weighted by atomic mass is 10.1.